The maximum atomic E-state index is 2.34. The summed E-state index contributed by atoms with van der Waals surface area (Å²) < 4.78 is 0. The molecular formula is C12H20. The van der Waals surface area contributed by atoms with Crippen molar-refractivity contribution in [1.29, 1.82) is 0 Å². The fourth-order valence-corrected chi connectivity index (χ4v) is 1.54. The van der Waals surface area contributed by atoms with Crippen molar-refractivity contribution >= 4 is 0 Å². The Bertz CT molecular complexity index is 124. The Morgan fingerprint density at radius 2 is 0.833 bits per heavy atom. The molecular weight excluding hydrogens is 144 g/mol. The van der Waals surface area contributed by atoms with Crippen molar-refractivity contribution in [1.82, 2.24) is 0 Å². The third-order valence-corrected chi connectivity index (χ3v) is 2.32. The molecule has 0 nitrogen and oxygen atoms in total. The Morgan fingerprint density at radius 3 is 1.33 bits per heavy atom. The van der Waals surface area contributed by atoms with Gasteiger partial charge in [-0.05, 0) is 38.5 Å². The fourth-order valence-electron chi connectivity index (χ4n) is 1.54. The average Bonchev–Trinajstić information content (AvgIpc) is 2.05. The molecule has 0 unspecified atom stereocenters. The van der Waals surface area contributed by atoms with E-state index in [1.165, 1.54) is 51.4 Å². The Balaban J connectivity index is 2.19. The lowest BCUT2D eigenvalue weighted by Crippen LogP contribution is -1.78. The summed E-state index contributed by atoms with van der Waals surface area (Å²) in [7, 11) is 0. The Kier molecular flexibility index (Phi) is 5.70. The number of allylic oxidation sites excluding steroid dienone is 4. The van der Waals surface area contributed by atoms with Crippen molar-refractivity contribution < 1.29 is 0 Å². The number of hydrogen-bond donors (Lipinski definition) is 0. The van der Waals surface area contributed by atoms with Crippen LogP contribution in [0.4, 0.5) is 0 Å². The van der Waals surface area contributed by atoms with Crippen LogP contribution in [-0.4, -0.2) is 0 Å². The summed E-state index contributed by atoms with van der Waals surface area (Å²) in [4.78, 5) is 0. The van der Waals surface area contributed by atoms with Gasteiger partial charge in [-0.3, -0.25) is 0 Å². The topological polar surface area (TPSA) is 0 Å². The second-order valence-electron chi connectivity index (χ2n) is 3.51. The van der Waals surface area contributed by atoms with Gasteiger partial charge in [0.05, 0.1) is 0 Å². The van der Waals surface area contributed by atoms with Gasteiger partial charge in [0.15, 0.2) is 0 Å². The first-order chi connectivity index (χ1) is 6.00. The molecule has 0 saturated carbocycles. The van der Waals surface area contributed by atoms with Crippen LogP contribution in [0.2, 0.25) is 0 Å². The van der Waals surface area contributed by atoms with Gasteiger partial charge in [0, 0.05) is 0 Å². The summed E-state index contributed by atoms with van der Waals surface area (Å²) >= 11 is 0. The van der Waals surface area contributed by atoms with E-state index in [4.69, 9.17) is 0 Å². The molecule has 0 heterocycles. The summed E-state index contributed by atoms with van der Waals surface area (Å²) in [6, 6.07) is 0. The van der Waals surface area contributed by atoms with Crippen LogP contribution in [0.25, 0.3) is 0 Å². The first kappa shape index (κ1) is 9.57. The lowest BCUT2D eigenvalue weighted by molar-refractivity contribution is 0.650. The molecule has 0 aromatic rings. The molecule has 0 radical (unpaired) electrons. The summed E-state index contributed by atoms with van der Waals surface area (Å²) in [6.07, 6.45) is 20.0. The van der Waals surface area contributed by atoms with Crippen LogP contribution < -0.4 is 0 Å². The van der Waals surface area contributed by atoms with Gasteiger partial charge in [-0.1, -0.05) is 37.1 Å². The van der Waals surface area contributed by atoms with Crippen LogP contribution in [0.5, 0.6) is 0 Å². The maximum absolute atomic E-state index is 2.34. The molecule has 0 fully saturated rings. The van der Waals surface area contributed by atoms with Crippen LogP contribution >= 0.6 is 0 Å². The van der Waals surface area contributed by atoms with Crippen molar-refractivity contribution in [2.75, 3.05) is 0 Å². The molecule has 0 amide bonds. The highest BCUT2D eigenvalue weighted by Gasteiger charge is 1.88. The number of hydrogen-bond acceptors (Lipinski definition) is 0. The van der Waals surface area contributed by atoms with Gasteiger partial charge >= 0.3 is 0 Å². The molecule has 0 heteroatoms. The first-order valence-electron chi connectivity index (χ1n) is 5.30. The minimum atomic E-state index is 1.23. The molecule has 0 atom stereocenters. The van der Waals surface area contributed by atoms with Crippen molar-refractivity contribution in [3.05, 3.63) is 24.3 Å². The quantitative estimate of drug-likeness (QED) is 0.470. The van der Waals surface area contributed by atoms with E-state index in [0.29, 0.717) is 0 Å². The monoisotopic (exact) mass is 164 g/mol. The van der Waals surface area contributed by atoms with E-state index in [1.54, 1.807) is 0 Å². The second-order valence-corrected chi connectivity index (χ2v) is 3.51. The highest BCUT2D eigenvalue weighted by Crippen LogP contribution is 2.08. The van der Waals surface area contributed by atoms with E-state index in [2.05, 4.69) is 24.3 Å². The summed E-state index contributed by atoms with van der Waals surface area (Å²) in [5.74, 6) is 0. The van der Waals surface area contributed by atoms with E-state index in [0.717, 1.165) is 0 Å². The molecule has 0 aromatic heterocycles. The standard InChI is InChI=1S/C12H20/c1-2-4-6-8-10-12-11-9-7-5-3-1/h1-2,7,9H,3-6,8,10-12H2/b2-1+,9-7+. The summed E-state index contributed by atoms with van der Waals surface area (Å²) in [6.45, 7) is 0. The molecule has 0 spiro atoms. The van der Waals surface area contributed by atoms with Crippen LogP contribution in [-0.2, 0) is 0 Å². The molecule has 0 bridgehead atoms. The highest BCUT2D eigenvalue weighted by molar-refractivity contribution is 4.88. The van der Waals surface area contributed by atoms with Gasteiger partial charge in [-0.2, -0.15) is 0 Å². The third-order valence-electron chi connectivity index (χ3n) is 2.32. The van der Waals surface area contributed by atoms with Crippen molar-refractivity contribution in [2.45, 2.75) is 51.4 Å². The SMILES string of the molecule is C1=C/CCCCCC/C=C/CC/1. The molecule has 0 aromatic carbocycles. The third kappa shape index (κ3) is 5.17. The normalized spacial score (nSPS) is 26.7. The van der Waals surface area contributed by atoms with Crippen LogP contribution in [0.15, 0.2) is 24.3 Å². The fraction of sp³-hybridized carbons (Fsp3) is 0.667. The van der Waals surface area contributed by atoms with Gasteiger partial charge in [0.25, 0.3) is 0 Å². The van der Waals surface area contributed by atoms with E-state index >= 15 is 0 Å². The minimum Gasteiger partial charge on any atom is -0.0885 e. The molecule has 0 aliphatic heterocycles. The molecule has 1 aliphatic carbocycles. The first-order valence-corrected chi connectivity index (χ1v) is 5.30. The van der Waals surface area contributed by atoms with Gasteiger partial charge < -0.3 is 0 Å². The van der Waals surface area contributed by atoms with Crippen LogP contribution in [0, 0.1) is 0 Å². The molecule has 1 rings (SSSR count). The average molecular weight is 164 g/mol. The van der Waals surface area contributed by atoms with E-state index in [-0.39, 0.29) is 0 Å². The highest BCUT2D eigenvalue weighted by atomic mass is 13.9. The van der Waals surface area contributed by atoms with Crippen LogP contribution in [0.3, 0.4) is 0 Å². The molecule has 0 N–H and O–H groups in total. The van der Waals surface area contributed by atoms with Gasteiger partial charge in [0.2, 0.25) is 0 Å². The summed E-state index contributed by atoms with van der Waals surface area (Å²) in [5.41, 5.74) is 0. The second kappa shape index (κ2) is 7.15. The Hall–Kier alpha value is -0.520. The van der Waals surface area contributed by atoms with Crippen LogP contribution in [0.1, 0.15) is 51.4 Å². The molecule has 68 valence electrons. The Morgan fingerprint density at radius 1 is 0.417 bits per heavy atom. The molecule has 0 saturated heterocycles. The smallest absolute Gasteiger partial charge is 0.0316 e. The molecule has 1 aliphatic rings. The Labute approximate surface area is 76.4 Å². The minimum absolute atomic E-state index is 1.23. The lowest BCUT2D eigenvalue weighted by atomic mass is 10.1. The van der Waals surface area contributed by atoms with Crippen molar-refractivity contribution in [3.8, 4) is 0 Å². The van der Waals surface area contributed by atoms with Gasteiger partial charge in [-0.15, -0.1) is 0 Å². The maximum Gasteiger partial charge on any atom is -0.0316 e. The predicted octanol–water partition coefficient (Wildman–Crippen LogP) is 4.23. The summed E-state index contributed by atoms with van der Waals surface area (Å²) in [5, 5.41) is 0. The zero-order chi connectivity index (χ0) is 8.49. The van der Waals surface area contributed by atoms with Gasteiger partial charge in [0.1, 0.15) is 0 Å². The zero-order valence-electron chi connectivity index (χ0n) is 7.97. The van der Waals surface area contributed by atoms with E-state index < -0.39 is 0 Å². The van der Waals surface area contributed by atoms with Crippen molar-refractivity contribution in [3.63, 3.8) is 0 Å². The van der Waals surface area contributed by atoms with Gasteiger partial charge in [-0.25, -0.2) is 0 Å². The van der Waals surface area contributed by atoms with E-state index in [9.17, 15) is 0 Å². The van der Waals surface area contributed by atoms with Crippen molar-refractivity contribution in [2.24, 2.45) is 0 Å². The lowest BCUT2D eigenvalue weighted by Gasteiger charge is -1.98. The predicted molar refractivity (Wildman–Crippen MR) is 55.2 cm³/mol. The largest absolute Gasteiger partial charge is 0.0885 e. The van der Waals surface area contributed by atoms with E-state index in [1.807, 2.05) is 0 Å². The number of rotatable bonds is 0. The zero-order valence-corrected chi connectivity index (χ0v) is 7.97. The molecule has 12 heavy (non-hydrogen) atoms.